The minimum absolute atomic E-state index is 0.0940. The van der Waals surface area contributed by atoms with Crippen LogP contribution >= 0.6 is 11.5 Å². The highest BCUT2D eigenvalue weighted by atomic mass is 32.1. The van der Waals surface area contributed by atoms with Crippen LogP contribution in [0, 0.1) is 0 Å². The smallest absolute Gasteiger partial charge is 0.305 e. The van der Waals surface area contributed by atoms with E-state index in [0.717, 1.165) is 10.7 Å². The number of benzene rings is 1. The molecule has 0 unspecified atom stereocenters. The topological polar surface area (TPSA) is 66.3 Å². The van der Waals surface area contributed by atoms with Crippen LogP contribution in [0.5, 0.6) is 0 Å². The summed E-state index contributed by atoms with van der Waals surface area (Å²) in [7, 11) is 1.82. The van der Waals surface area contributed by atoms with E-state index in [1.54, 1.807) is 4.90 Å². The molecule has 2 rings (SSSR count). The number of carboxylic acid groups (broad SMARTS) is 1. The fourth-order valence-electron chi connectivity index (χ4n) is 1.43. The zero-order valence-corrected chi connectivity index (χ0v) is 10.7. The van der Waals surface area contributed by atoms with Crippen LogP contribution in [0.4, 0.5) is 5.13 Å². The Morgan fingerprint density at radius 2 is 2.11 bits per heavy atom. The van der Waals surface area contributed by atoms with E-state index >= 15 is 0 Å². The van der Waals surface area contributed by atoms with Crippen molar-refractivity contribution in [3.8, 4) is 11.4 Å². The van der Waals surface area contributed by atoms with Gasteiger partial charge in [-0.25, -0.2) is 0 Å². The number of hydrogen-bond acceptors (Lipinski definition) is 5. The summed E-state index contributed by atoms with van der Waals surface area (Å²) in [6.07, 6.45) is 0.0940. The van der Waals surface area contributed by atoms with Crippen LogP contribution in [-0.2, 0) is 4.79 Å². The molecule has 5 nitrogen and oxygen atoms in total. The first kappa shape index (κ1) is 12.5. The van der Waals surface area contributed by atoms with Crippen molar-refractivity contribution in [2.24, 2.45) is 0 Å². The van der Waals surface area contributed by atoms with Crippen LogP contribution in [0.1, 0.15) is 6.42 Å². The van der Waals surface area contributed by atoms with Crippen molar-refractivity contribution < 1.29 is 9.90 Å². The van der Waals surface area contributed by atoms with Crippen molar-refractivity contribution in [3.05, 3.63) is 30.3 Å². The number of nitrogens with zero attached hydrogens (tertiary/aromatic N) is 3. The standard InChI is InChI=1S/C12H13N3O2S/c1-15(8-7-10(16)17)12-13-11(14-18-12)9-5-3-2-4-6-9/h2-6H,7-8H2,1H3,(H,16,17). The van der Waals surface area contributed by atoms with E-state index < -0.39 is 5.97 Å². The molecule has 18 heavy (non-hydrogen) atoms. The Labute approximate surface area is 109 Å². The summed E-state index contributed by atoms with van der Waals surface area (Å²) in [5, 5.41) is 9.36. The largest absolute Gasteiger partial charge is 0.481 e. The third-order valence-corrected chi connectivity index (χ3v) is 3.27. The quantitative estimate of drug-likeness (QED) is 0.895. The highest BCUT2D eigenvalue weighted by Gasteiger charge is 2.10. The molecule has 0 spiro atoms. The molecule has 2 aromatic rings. The maximum atomic E-state index is 10.5. The van der Waals surface area contributed by atoms with Gasteiger partial charge in [0, 0.05) is 30.7 Å². The number of carboxylic acids is 1. The van der Waals surface area contributed by atoms with Gasteiger partial charge in [0.1, 0.15) is 0 Å². The molecule has 0 saturated heterocycles. The molecule has 0 atom stereocenters. The lowest BCUT2D eigenvalue weighted by atomic mass is 10.2. The fraction of sp³-hybridized carbons (Fsp3) is 0.250. The second-order valence-electron chi connectivity index (χ2n) is 3.83. The SMILES string of the molecule is CN(CCC(=O)O)c1nc(-c2ccccc2)ns1. The summed E-state index contributed by atoms with van der Waals surface area (Å²) in [5.41, 5.74) is 0.964. The molecule has 0 bridgehead atoms. The van der Waals surface area contributed by atoms with E-state index in [0.29, 0.717) is 12.4 Å². The lowest BCUT2D eigenvalue weighted by Crippen LogP contribution is -2.20. The van der Waals surface area contributed by atoms with E-state index in [2.05, 4.69) is 9.36 Å². The van der Waals surface area contributed by atoms with Gasteiger partial charge in [0.25, 0.3) is 0 Å². The lowest BCUT2D eigenvalue weighted by Gasteiger charge is -2.12. The van der Waals surface area contributed by atoms with E-state index in [1.807, 2.05) is 37.4 Å². The summed E-state index contributed by atoms with van der Waals surface area (Å²) in [4.78, 5) is 16.7. The third-order valence-electron chi connectivity index (χ3n) is 2.43. The number of aliphatic carboxylic acids is 1. The van der Waals surface area contributed by atoms with Gasteiger partial charge < -0.3 is 10.0 Å². The molecule has 0 aliphatic heterocycles. The third kappa shape index (κ3) is 3.04. The average Bonchev–Trinajstić information content (AvgIpc) is 2.86. The molecule has 0 radical (unpaired) electrons. The van der Waals surface area contributed by atoms with Crippen molar-refractivity contribution in [1.82, 2.24) is 9.36 Å². The van der Waals surface area contributed by atoms with Gasteiger partial charge in [-0.05, 0) is 0 Å². The van der Waals surface area contributed by atoms with Gasteiger partial charge in [-0.2, -0.15) is 9.36 Å². The Morgan fingerprint density at radius 1 is 1.39 bits per heavy atom. The zero-order valence-electron chi connectivity index (χ0n) is 9.91. The highest BCUT2D eigenvalue weighted by Crippen LogP contribution is 2.22. The normalized spacial score (nSPS) is 10.3. The molecule has 1 aromatic heterocycles. The van der Waals surface area contributed by atoms with Crippen LogP contribution in [0.25, 0.3) is 11.4 Å². The van der Waals surface area contributed by atoms with Crippen LogP contribution in [0.3, 0.4) is 0 Å². The molecule has 94 valence electrons. The average molecular weight is 263 g/mol. The van der Waals surface area contributed by atoms with Crippen molar-refractivity contribution in [2.75, 3.05) is 18.5 Å². The molecule has 1 N–H and O–H groups in total. The first-order chi connectivity index (χ1) is 8.66. The minimum atomic E-state index is -0.811. The Bertz CT molecular complexity index is 527. The maximum Gasteiger partial charge on any atom is 0.305 e. The predicted molar refractivity (Wildman–Crippen MR) is 70.9 cm³/mol. The fourth-order valence-corrected chi connectivity index (χ4v) is 2.11. The summed E-state index contributed by atoms with van der Waals surface area (Å²) in [5.74, 6) is -0.132. The molecule has 0 amide bonds. The first-order valence-corrected chi connectivity index (χ1v) is 6.26. The molecule has 1 heterocycles. The Balaban J connectivity index is 2.08. The predicted octanol–water partition coefficient (Wildman–Crippen LogP) is 2.12. The van der Waals surface area contributed by atoms with E-state index in [-0.39, 0.29) is 6.42 Å². The van der Waals surface area contributed by atoms with Crippen LogP contribution < -0.4 is 4.90 Å². The molecule has 6 heteroatoms. The molecule has 1 aromatic carbocycles. The lowest BCUT2D eigenvalue weighted by molar-refractivity contribution is -0.136. The number of anilines is 1. The summed E-state index contributed by atoms with van der Waals surface area (Å²) < 4.78 is 4.28. The van der Waals surface area contributed by atoms with Gasteiger partial charge in [0.15, 0.2) is 5.82 Å². The van der Waals surface area contributed by atoms with Gasteiger partial charge >= 0.3 is 5.97 Å². The Hall–Kier alpha value is -1.95. The summed E-state index contributed by atoms with van der Waals surface area (Å²) in [6, 6.07) is 9.70. The summed E-state index contributed by atoms with van der Waals surface area (Å²) >= 11 is 1.28. The second-order valence-corrected chi connectivity index (χ2v) is 4.56. The number of aromatic nitrogens is 2. The van der Waals surface area contributed by atoms with Crippen molar-refractivity contribution in [1.29, 1.82) is 0 Å². The van der Waals surface area contributed by atoms with Crippen LogP contribution in [-0.4, -0.2) is 34.0 Å². The van der Waals surface area contributed by atoms with Crippen molar-refractivity contribution >= 4 is 22.6 Å². The van der Waals surface area contributed by atoms with Crippen molar-refractivity contribution in [2.45, 2.75) is 6.42 Å². The molecular weight excluding hydrogens is 250 g/mol. The molecule has 0 saturated carbocycles. The van der Waals surface area contributed by atoms with Gasteiger partial charge in [0.05, 0.1) is 6.42 Å². The van der Waals surface area contributed by atoms with Crippen LogP contribution in [0.15, 0.2) is 30.3 Å². The zero-order chi connectivity index (χ0) is 13.0. The first-order valence-electron chi connectivity index (χ1n) is 5.49. The number of hydrogen-bond donors (Lipinski definition) is 1. The van der Waals surface area contributed by atoms with Crippen molar-refractivity contribution in [3.63, 3.8) is 0 Å². The number of rotatable bonds is 5. The maximum absolute atomic E-state index is 10.5. The van der Waals surface area contributed by atoms with E-state index in [9.17, 15) is 4.79 Å². The van der Waals surface area contributed by atoms with Gasteiger partial charge in [-0.15, -0.1) is 0 Å². The molecule has 0 fully saturated rings. The molecule has 0 aliphatic rings. The monoisotopic (exact) mass is 263 g/mol. The minimum Gasteiger partial charge on any atom is -0.481 e. The highest BCUT2D eigenvalue weighted by molar-refractivity contribution is 7.09. The number of carbonyl (C=O) groups is 1. The van der Waals surface area contributed by atoms with E-state index in [1.165, 1.54) is 11.5 Å². The second kappa shape index (κ2) is 5.59. The Kier molecular flexibility index (Phi) is 3.88. The van der Waals surface area contributed by atoms with Crippen LogP contribution in [0.2, 0.25) is 0 Å². The van der Waals surface area contributed by atoms with Gasteiger partial charge in [-0.1, -0.05) is 30.3 Å². The Morgan fingerprint density at radius 3 is 2.78 bits per heavy atom. The molecular formula is C12H13N3O2S. The van der Waals surface area contributed by atoms with E-state index in [4.69, 9.17) is 5.11 Å². The summed E-state index contributed by atoms with van der Waals surface area (Å²) in [6.45, 7) is 0.429. The van der Waals surface area contributed by atoms with Gasteiger partial charge in [-0.3, -0.25) is 4.79 Å². The van der Waals surface area contributed by atoms with Gasteiger partial charge in [0.2, 0.25) is 5.13 Å². The molecule has 0 aliphatic carbocycles.